The molecule has 0 aromatic heterocycles. The molecule has 92 valence electrons. The molecule has 5 nitrogen and oxygen atoms in total. The summed E-state index contributed by atoms with van der Waals surface area (Å²) in [7, 11) is 0. The van der Waals surface area contributed by atoms with E-state index in [1.54, 1.807) is 31.2 Å². The van der Waals surface area contributed by atoms with E-state index in [0.717, 1.165) is 0 Å². The van der Waals surface area contributed by atoms with E-state index in [0.29, 0.717) is 24.4 Å². The summed E-state index contributed by atoms with van der Waals surface area (Å²) in [6.07, 6.45) is 0.672. The normalized spacial score (nSPS) is 9.47. The van der Waals surface area contributed by atoms with E-state index in [4.69, 9.17) is 14.2 Å². The van der Waals surface area contributed by atoms with Crippen molar-refractivity contribution in [2.24, 2.45) is 0 Å². The van der Waals surface area contributed by atoms with Crippen LogP contribution in [0.4, 0.5) is 0 Å². The number of aldehydes is 1. The SMILES string of the molecule is CCOC(=O)COc1ccc(OCC=O)cc1. The minimum absolute atomic E-state index is 0.0169. The molecule has 0 radical (unpaired) electrons. The minimum atomic E-state index is -0.409. The van der Waals surface area contributed by atoms with Crippen molar-refractivity contribution in [3.63, 3.8) is 0 Å². The molecule has 0 aliphatic carbocycles. The molecule has 0 heterocycles. The van der Waals surface area contributed by atoms with Crippen LogP contribution in [-0.4, -0.2) is 32.1 Å². The zero-order valence-corrected chi connectivity index (χ0v) is 9.55. The highest BCUT2D eigenvalue weighted by Gasteiger charge is 2.02. The number of benzene rings is 1. The van der Waals surface area contributed by atoms with Crippen LogP contribution in [0, 0.1) is 0 Å². The van der Waals surface area contributed by atoms with Crippen LogP contribution in [0.5, 0.6) is 11.5 Å². The van der Waals surface area contributed by atoms with Gasteiger partial charge in [0.1, 0.15) is 18.1 Å². The van der Waals surface area contributed by atoms with Gasteiger partial charge in [-0.3, -0.25) is 4.79 Å². The van der Waals surface area contributed by atoms with Crippen LogP contribution in [0.15, 0.2) is 24.3 Å². The Morgan fingerprint density at radius 3 is 2.29 bits per heavy atom. The second-order valence-corrected chi connectivity index (χ2v) is 3.04. The third-order valence-electron chi connectivity index (χ3n) is 1.80. The minimum Gasteiger partial charge on any atom is -0.486 e. The van der Waals surface area contributed by atoms with Gasteiger partial charge in [0, 0.05) is 0 Å². The summed E-state index contributed by atoms with van der Waals surface area (Å²) < 4.78 is 15.0. The van der Waals surface area contributed by atoms with Crippen LogP contribution in [0.1, 0.15) is 6.92 Å². The van der Waals surface area contributed by atoms with Crippen molar-refractivity contribution >= 4 is 12.3 Å². The summed E-state index contributed by atoms with van der Waals surface area (Å²) in [5, 5.41) is 0. The first kappa shape index (κ1) is 13.0. The van der Waals surface area contributed by atoms with E-state index in [-0.39, 0.29) is 13.2 Å². The highest BCUT2D eigenvalue weighted by atomic mass is 16.6. The first-order valence-electron chi connectivity index (χ1n) is 5.21. The lowest BCUT2D eigenvalue weighted by molar-refractivity contribution is -0.145. The summed E-state index contributed by atoms with van der Waals surface area (Å²) in [6, 6.07) is 6.62. The van der Waals surface area contributed by atoms with Crippen molar-refractivity contribution < 1.29 is 23.8 Å². The number of hydrogen-bond donors (Lipinski definition) is 0. The van der Waals surface area contributed by atoms with Gasteiger partial charge in [0.2, 0.25) is 0 Å². The zero-order valence-electron chi connectivity index (χ0n) is 9.55. The Balaban J connectivity index is 2.39. The highest BCUT2D eigenvalue weighted by molar-refractivity contribution is 5.71. The van der Waals surface area contributed by atoms with Gasteiger partial charge in [0.05, 0.1) is 6.61 Å². The van der Waals surface area contributed by atoms with Gasteiger partial charge in [0.25, 0.3) is 0 Å². The second-order valence-electron chi connectivity index (χ2n) is 3.04. The zero-order chi connectivity index (χ0) is 12.5. The average molecular weight is 238 g/mol. The van der Waals surface area contributed by atoms with Crippen molar-refractivity contribution in [2.75, 3.05) is 19.8 Å². The molecule has 0 bridgehead atoms. The lowest BCUT2D eigenvalue weighted by Gasteiger charge is -2.06. The molecule has 17 heavy (non-hydrogen) atoms. The molecule has 5 heteroatoms. The summed E-state index contributed by atoms with van der Waals surface area (Å²) in [5.74, 6) is 0.700. The van der Waals surface area contributed by atoms with Crippen molar-refractivity contribution in [3.8, 4) is 11.5 Å². The van der Waals surface area contributed by atoms with Crippen LogP contribution in [-0.2, 0) is 14.3 Å². The Morgan fingerprint density at radius 2 is 1.76 bits per heavy atom. The molecule has 0 spiro atoms. The number of carbonyl (C=O) groups excluding carboxylic acids is 2. The molecule has 0 N–H and O–H groups in total. The second kappa shape index (κ2) is 7.27. The molecule has 0 saturated carbocycles. The molecular formula is C12H14O5. The monoisotopic (exact) mass is 238 g/mol. The third kappa shape index (κ3) is 5.01. The van der Waals surface area contributed by atoms with Gasteiger partial charge in [0.15, 0.2) is 12.9 Å². The van der Waals surface area contributed by atoms with E-state index >= 15 is 0 Å². The maximum Gasteiger partial charge on any atom is 0.344 e. The molecule has 0 saturated heterocycles. The maximum absolute atomic E-state index is 11.0. The first-order valence-corrected chi connectivity index (χ1v) is 5.21. The van der Waals surface area contributed by atoms with Gasteiger partial charge in [-0.05, 0) is 31.2 Å². The van der Waals surface area contributed by atoms with Crippen LogP contribution in [0.3, 0.4) is 0 Å². The van der Waals surface area contributed by atoms with Crippen molar-refractivity contribution in [3.05, 3.63) is 24.3 Å². The van der Waals surface area contributed by atoms with Crippen LogP contribution >= 0.6 is 0 Å². The van der Waals surface area contributed by atoms with Gasteiger partial charge in [-0.25, -0.2) is 4.79 Å². The van der Waals surface area contributed by atoms with Gasteiger partial charge in [-0.1, -0.05) is 0 Å². The lowest BCUT2D eigenvalue weighted by Crippen LogP contribution is -2.14. The molecule has 0 aliphatic rings. The number of hydrogen-bond acceptors (Lipinski definition) is 5. The molecule has 1 rings (SSSR count). The van der Waals surface area contributed by atoms with E-state index in [1.165, 1.54) is 0 Å². The van der Waals surface area contributed by atoms with Crippen LogP contribution in [0.25, 0.3) is 0 Å². The van der Waals surface area contributed by atoms with E-state index in [9.17, 15) is 9.59 Å². The van der Waals surface area contributed by atoms with Gasteiger partial charge < -0.3 is 14.2 Å². The topological polar surface area (TPSA) is 61.8 Å². The fourth-order valence-corrected chi connectivity index (χ4v) is 1.11. The fourth-order valence-electron chi connectivity index (χ4n) is 1.11. The van der Waals surface area contributed by atoms with Crippen LogP contribution in [0.2, 0.25) is 0 Å². The summed E-state index contributed by atoms with van der Waals surface area (Å²) in [4.78, 5) is 21.1. The molecule has 0 atom stereocenters. The summed E-state index contributed by atoms with van der Waals surface area (Å²) >= 11 is 0. The molecule has 1 aromatic carbocycles. The molecular weight excluding hydrogens is 224 g/mol. The summed E-state index contributed by atoms with van der Waals surface area (Å²) in [6.45, 7) is 1.96. The van der Waals surface area contributed by atoms with Gasteiger partial charge in [-0.15, -0.1) is 0 Å². The molecule has 0 aliphatic heterocycles. The largest absolute Gasteiger partial charge is 0.486 e. The standard InChI is InChI=1S/C12H14O5/c1-2-15-12(14)9-17-11-5-3-10(4-6-11)16-8-7-13/h3-7H,2,8-9H2,1H3. The van der Waals surface area contributed by atoms with Gasteiger partial charge in [-0.2, -0.15) is 0 Å². The fraction of sp³-hybridized carbons (Fsp3) is 0.333. The Bertz CT molecular complexity index is 358. The smallest absolute Gasteiger partial charge is 0.344 e. The number of esters is 1. The van der Waals surface area contributed by atoms with Crippen LogP contribution < -0.4 is 9.47 Å². The Kier molecular flexibility index (Phi) is 5.57. The Morgan fingerprint density at radius 1 is 1.18 bits per heavy atom. The van der Waals surface area contributed by atoms with E-state index in [1.807, 2.05) is 0 Å². The number of ether oxygens (including phenoxy) is 3. The molecule has 0 amide bonds. The quantitative estimate of drug-likeness (QED) is 0.527. The summed E-state index contributed by atoms with van der Waals surface area (Å²) in [5.41, 5.74) is 0. The predicted octanol–water partition coefficient (Wildman–Crippen LogP) is 1.21. The van der Waals surface area contributed by atoms with Crippen molar-refractivity contribution in [1.29, 1.82) is 0 Å². The van der Waals surface area contributed by atoms with E-state index in [2.05, 4.69) is 0 Å². The predicted molar refractivity (Wildman–Crippen MR) is 60.1 cm³/mol. The van der Waals surface area contributed by atoms with Gasteiger partial charge >= 0.3 is 5.97 Å². The lowest BCUT2D eigenvalue weighted by atomic mass is 10.3. The molecule has 0 unspecified atom stereocenters. The Hall–Kier alpha value is -2.04. The Labute approximate surface area is 99.3 Å². The van der Waals surface area contributed by atoms with Crippen molar-refractivity contribution in [1.82, 2.24) is 0 Å². The molecule has 0 fully saturated rings. The average Bonchev–Trinajstić information content (AvgIpc) is 2.35. The number of carbonyl (C=O) groups is 2. The highest BCUT2D eigenvalue weighted by Crippen LogP contribution is 2.17. The first-order chi connectivity index (χ1) is 8.26. The maximum atomic E-state index is 11.0. The van der Waals surface area contributed by atoms with Crippen molar-refractivity contribution in [2.45, 2.75) is 6.92 Å². The number of rotatable bonds is 7. The molecule has 1 aromatic rings. The van der Waals surface area contributed by atoms with E-state index < -0.39 is 5.97 Å². The third-order valence-corrected chi connectivity index (χ3v) is 1.80.